The van der Waals surface area contributed by atoms with Crippen LogP contribution in [0, 0.1) is 0 Å². The van der Waals surface area contributed by atoms with Crippen molar-refractivity contribution in [2.75, 3.05) is 5.73 Å². The Labute approximate surface area is 88.8 Å². The molecule has 0 amide bonds. The van der Waals surface area contributed by atoms with Gasteiger partial charge in [-0.2, -0.15) is 0 Å². The number of nitrogen functional groups attached to an aromatic ring is 1. The molecular weight excluding hydrogens is 214 g/mol. The van der Waals surface area contributed by atoms with Gasteiger partial charge < -0.3 is 15.9 Å². The van der Waals surface area contributed by atoms with Crippen molar-refractivity contribution in [3.63, 3.8) is 0 Å². The van der Waals surface area contributed by atoms with E-state index < -0.39 is 17.8 Å². The van der Waals surface area contributed by atoms with Crippen LogP contribution in [0.25, 0.3) is 5.52 Å². The molecule has 0 fully saturated rings. The summed E-state index contributed by atoms with van der Waals surface area (Å²) < 4.78 is 1.09. The van der Waals surface area contributed by atoms with Crippen molar-refractivity contribution in [3.8, 4) is 0 Å². The van der Waals surface area contributed by atoms with Crippen LogP contribution in [0.3, 0.4) is 0 Å². The molecular formula is C9H7N3O4. The number of nitrogens with zero attached hydrogens (tertiary/aromatic N) is 2. The predicted molar refractivity (Wildman–Crippen MR) is 53.5 cm³/mol. The molecule has 82 valence electrons. The first-order chi connectivity index (χ1) is 7.52. The summed E-state index contributed by atoms with van der Waals surface area (Å²) in [5, 5.41) is 17.7. The molecule has 16 heavy (non-hydrogen) atoms. The van der Waals surface area contributed by atoms with Crippen LogP contribution < -0.4 is 5.73 Å². The summed E-state index contributed by atoms with van der Waals surface area (Å²) in [4.78, 5) is 25.3. The SMILES string of the molecule is Nc1cccc2c(C(=O)O)nc(C(=O)O)n12. The van der Waals surface area contributed by atoms with Gasteiger partial charge in [-0.1, -0.05) is 6.07 Å². The van der Waals surface area contributed by atoms with Crippen molar-refractivity contribution in [2.24, 2.45) is 0 Å². The van der Waals surface area contributed by atoms with E-state index in [2.05, 4.69) is 4.98 Å². The Morgan fingerprint density at radius 2 is 1.94 bits per heavy atom. The lowest BCUT2D eigenvalue weighted by molar-refractivity contribution is 0.0683. The van der Waals surface area contributed by atoms with E-state index in [4.69, 9.17) is 15.9 Å². The first kappa shape index (κ1) is 9.97. The topological polar surface area (TPSA) is 118 Å². The molecule has 4 N–H and O–H groups in total. The van der Waals surface area contributed by atoms with E-state index in [-0.39, 0.29) is 17.0 Å². The van der Waals surface area contributed by atoms with Crippen LogP contribution in [0.5, 0.6) is 0 Å². The Balaban J connectivity index is 2.93. The Morgan fingerprint density at radius 3 is 2.50 bits per heavy atom. The number of carbonyl (C=O) groups is 2. The minimum atomic E-state index is -1.33. The highest BCUT2D eigenvalue weighted by atomic mass is 16.4. The van der Waals surface area contributed by atoms with Crippen molar-refractivity contribution in [1.82, 2.24) is 9.38 Å². The molecule has 2 heterocycles. The molecule has 0 saturated carbocycles. The van der Waals surface area contributed by atoms with Gasteiger partial charge in [0.05, 0.1) is 5.52 Å². The van der Waals surface area contributed by atoms with Gasteiger partial charge in [-0.3, -0.25) is 4.40 Å². The number of aromatic nitrogens is 2. The molecule has 7 nitrogen and oxygen atoms in total. The van der Waals surface area contributed by atoms with Crippen LogP contribution in [-0.4, -0.2) is 31.5 Å². The van der Waals surface area contributed by atoms with Crippen LogP contribution in [0.4, 0.5) is 5.82 Å². The lowest BCUT2D eigenvalue weighted by Crippen LogP contribution is -2.06. The maximum Gasteiger partial charge on any atom is 0.372 e. The Morgan fingerprint density at radius 1 is 1.25 bits per heavy atom. The quantitative estimate of drug-likeness (QED) is 0.671. The summed E-state index contributed by atoms with van der Waals surface area (Å²) >= 11 is 0. The average Bonchev–Trinajstić information content (AvgIpc) is 2.58. The van der Waals surface area contributed by atoms with Gasteiger partial charge in [0.25, 0.3) is 0 Å². The maximum absolute atomic E-state index is 10.9. The zero-order chi connectivity index (χ0) is 11.9. The van der Waals surface area contributed by atoms with Crippen molar-refractivity contribution in [2.45, 2.75) is 0 Å². The summed E-state index contributed by atoms with van der Waals surface area (Å²) in [5.41, 5.74) is 5.40. The van der Waals surface area contributed by atoms with Gasteiger partial charge in [0, 0.05) is 0 Å². The standard InChI is InChI=1S/C9H7N3O4/c10-5-3-1-2-4-6(8(13)14)11-7(9(15)16)12(4)5/h1-3H,10H2,(H,13,14)(H,15,16). The molecule has 0 aliphatic carbocycles. The molecule has 2 rings (SSSR count). The zero-order valence-corrected chi connectivity index (χ0v) is 7.91. The number of rotatable bonds is 2. The van der Waals surface area contributed by atoms with Gasteiger partial charge in [0.1, 0.15) is 5.82 Å². The number of hydrogen-bond acceptors (Lipinski definition) is 4. The lowest BCUT2D eigenvalue weighted by Gasteiger charge is -2.00. The van der Waals surface area contributed by atoms with Gasteiger partial charge in [-0.05, 0) is 12.1 Å². The second-order valence-electron chi connectivity index (χ2n) is 3.07. The van der Waals surface area contributed by atoms with Gasteiger partial charge >= 0.3 is 11.9 Å². The minimum Gasteiger partial charge on any atom is -0.476 e. The highest BCUT2D eigenvalue weighted by molar-refractivity contribution is 5.97. The van der Waals surface area contributed by atoms with E-state index >= 15 is 0 Å². The zero-order valence-electron chi connectivity index (χ0n) is 7.91. The fourth-order valence-corrected chi connectivity index (χ4v) is 1.46. The van der Waals surface area contributed by atoms with Crippen molar-refractivity contribution in [3.05, 3.63) is 29.7 Å². The first-order valence-electron chi connectivity index (χ1n) is 4.26. The number of nitrogens with two attached hydrogens (primary N) is 1. The molecule has 0 unspecified atom stereocenters. The molecule has 0 saturated heterocycles. The molecule has 0 aliphatic heterocycles. The van der Waals surface area contributed by atoms with Crippen LogP contribution in [0.15, 0.2) is 18.2 Å². The number of pyridine rings is 1. The van der Waals surface area contributed by atoms with Gasteiger partial charge in [0.2, 0.25) is 5.82 Å². The third-order valence-corrected chi connectivity index (χ3v) is 2.09. The van der Waals surface area contributed by atoms with Gasteiger partial charge in [-0.25, -0.2) is 14.6 Å². The van der Waals surface area contributed by atoms with Crippen molar-refractivity contribution >= 4 is 23.3 Å². The Bertz CT molecular complexity index is 602. The fraction of sp³-hybridized carbons (Fsp3) is 0. The molecule has 7 heteroatoms. The molecule has 0 bridgehead atoms. The molecule has 0 aliphatic rings. The third kappa shape index (κ3) is 1.26. The summed E-state index contributed by atoms with van der Waals surface area (Å²) in [6.07, 6.45) is 0. The minimum absolute atomic E-state index is 0.120. The molecule has 0 spiro atoms. The average molecular weight is 221 g/mol. The molecule has 0 radical (unpaired) electrons. The number of hydrogen-bond donors (Lipinski definition) is 3. The highest BCUT2D eigenvalue weighted by Gasteiger charge is 2.21. The monoisotopic (exact) mass is 221 g/mol. The van der Waals surface area contributed by atoms with Crippen LogP contribution in [0.2, 0.25) is 0 Å². The maximum atomic E-state index is 10.9. The molecule has 2 aromatic heterocycles. The van der Waals surface area contributed by atoms with E-state index in [0.717, 1.165) is 4.40 Å². The molecule has 0 aromatic carbocycles. The van der Waals surface area contributed by atoms with E-state index in [9.17, 15) is 9.59 Å². The third-order valence-electron chi connectivity index (χ3n) is 2.09. The molecule has 0 atom stereocenters. The Hall–Kier alpha value is -2.57. The highest BCUT2D eigenvalue weighted by Crippen LogP contribution is 2.17. The molecule has 2 aromatic rings. The van der Waals surface area contributed by atoms with Crippen LogP contribution in [-0.2, 0) is 0 Å². The lowest BCUT2D eigenvalue weighted by atomic mass is 10.3. The van der Waals surface area contributed by atoms with Crippen molar-refractivity contribution in [1.29, 1.82) is 0 Å². The normalized spacial score (nSPS) is 10.5. The van der Waals surface area contributed by atoms with E-state index in [0.29, 0.717) is 0 Å². The van der Waals surface area contributed by atoms with E-state index in [1.54, 1.807) is 0 Å². The smallest absolute Gasteiger partial charge is 0.372 e. The van der Waals surface area contributed by atoms with Crippen LogP contribution in [0.1, 0.15) is 21.1 Å². The summed E-state index contributed by atoms with van der Waals surface area (Å²) in [6.45, 7) is 0. The summed E-state index contributed by atoms with van der Waals surface area (Å²) in [7, 11) is 0. The summed E-state index contributed by atoms with van der Waals surface area (Å²) in [6, 6.07) is 4.44. The van der Waals surface area contributed by atoms with E-state index in [1.165, 1.54) is 18.2 Å². The fourth-order valence-electron chi connectivity index (χ4n) is 1.46. The summed E-state index contributed by atoms with van der Waals surface area (Å²) in [5.74, 6) is -2.92. The first-order valence-corrected chi connectivity index (χ1v) is 4.26. The second kappa shape index (κ2) is 3.23. The predicted octanol–water partition coefficient (Wildman–Crippen LogP) is 0.313. The largest absolute Gasteiger partial charge is 0.476 e. The number of anilines is 1. The number of carboxylic acid groups (broad SMARTS) is 2. The van der Waals surface area contributed by atoms with Gasteiger partial charge in [-0.15, -0.1) is 0 Å². The second-order valence-corrected chi connectivity index (χ2v) is 3.07. The van der Waals surface area contributed by atoms with Crippen molar-refractivity contribution < 1.29 is 19.8 Å². The van der Waals surface area contributed by atoms with E-state index in [1.807, 2.05) is 0 Å². The number of carboxylic acids is 2. The Kier molecular flexibility index (Phi) is 2.01. The van der Waals surface area contributed by atoms with Gasteiger partial charge in [0.15, 0.2) is 5.69 Å². The van der Waals surface area contributed by atoms with Crippen LogP contribution >= 0.6 is 0 Å². The number of aromatic carboxylic acids is 2. The number of imidazole rings is 1. The number of fused-ring (bicyclic) bond motifs is 1.